The summed E-state index contributed by atoms with van der Waals surface area (Å²) in [5.74, 6) is 0.736. The minimum atomic E-state index is -4.30. The fourth-order valence-electron chi connectivity index (χ4n) is 2.29. The Labute approximate surface area is 130 Å². The van der Waals surface area contributed by atoms with Crippen molar-refractivity contribution in [2.45, 2.75) is 26.3 Å². The molecule has 3 rings (SSSR count). The molecule has 0 unspecified atom stereocenters. The Morgan fingerprint density at radius 2 is 2.00 bits per heavy atom. The highest BCUT2D eigenvalue weighted by molar-refractivity contribution is 5.84. The van der Waals surface area contributed by atoms with Gasteiger partial charge in [-0.3, -0.25) is 0 Å². The maximum absolute atomic E-state index is 12.5. The molecular formula is C16H14F3N3O. The molecule has 0 saturated carbocycles. The second-order valence-corrected chi connectivity index (χ2v) is 5.16. The molecule has 4 nitrogen and oxygen atoms in total. The first-order chi connectivity index (χ1) is 10.9. The van der Waals surface area contributed by atoms with Crippen LogP contribution in [0.2, 0.25) is 0 Å². The molecule has 0 aliphatic rings. The van der Waals surface area contributed by atoms with Gasteiger partial charge in [0.2, 0.25) is 0 Å². The predicted molar refractivity (Wildman–Crippen MR) is 79.1 cm³/mol. The summed E-state index contributed by atoms with van der Waals surface area (Å²) in [6.07, 6.45) is -1.68. The van der Waals surface area contributed by atoms with Crippen LogP contribution in [0.4, 0.5) is 13.2 Å². The summed E-state index contributed by atoms with van der Waals surface area (Å²) >= 11 is 0. The SMILES string of the molecule is Cc1ccc2cccc(OCc3nccn3CC(F)(F)F)c2n1. The van der Waals surface area contributed by atoms with Crippen LogP contribution in [0, 0.1) is 6.92 Å². The molecule has 2 aromatic heterocycles. The number of ether oxygens (including phenoxy) is 1. The first-order valence-corrected chi connectivity index (χ1v) is 6.98. The Kier molecular flexibility index (Phi) is 3.94. The van der Waals surface area contributed by atoms with E-state index < -0.39 is 12.7 Å². The van der Waals surface area contributed by atoms with Gasteiger partial charge in [0, 0.05) is 23.5 Å². The van der Waals surface area contributed by atoms with Crippen molar-refractivity contribution in [3.63, 3.8) is 0 Å². The monoisotopic (exact) mass is 321 g/mol. The van der Waals surface area contributed by atoms with E-state index in [9.17, 15) is 13.2 Å². The minimum absolute atomic E-state index is 0.0577. The van der Waals surface area contributed by atoms with Crippen LogP contribution >= 0.6 is 0 Å². The Morgan fingerprint density at radius 1 is 1.17 bits per heavy atom. The number of alkyl halides is 3. The fraction of sp³-hybridized carbons (Fsp3) is 0.250. The zero-order chi connectivity index (χ0) is 16.4. The number of rotatable bonds is 4. The average molecular weight is 321 g/mol. The number of fused-ring (bicyclic) bond motifs is 1. The molecule has 0 N–H and O–H groups in total. The van der Waals surface area contributed by atoms with E-state index in [4.69, 9.17) is 4.74 Å². The van der Waals surface area contributed by atoms with Crippen molar-refractivity contribution in [1.29, 1.82) is 0 Å². The van der Waals surface area contributed by atoms with E-state index in [1.807, 2.05) is 31.2 Å². The summed E-state index contributed by atoms with van der Waals surface area (Å²) < 4.78 is 44.2. The first kappa shape index (κ1) is 15.3. The van der Waals surface area contributed by atoms with Crippen molar-refractivity contribution in [3.8, 4) is 5.75 Å². The van der Waals surface area contributed by atoms with Crippen molar-refractivity contribution < 1.29 is 17.9 Å². The first-order valence-electron chi connectivity index (χ1n) is 6.98. The van der Waals surface area contributed by atoms with E-state index >= 15 is 0 Å². The third-order valence-corrected chi connectivity index (χ3v) is 3.33. The van der Waals surface area contributed by atoms with Crippen LogP contribution in [0.1, 0.15) is 11.5 Å². The summed E-state index contributed by atoms with van der Waals surface area (Å²) in [6, 6.07) is 9.28. The predicted octanol–water partition coefficient (Wildman–Crippen LogP) is 3.88. The topological polar surface area (TPSA) is 39.9 Å². The summed E-state index contributed by atoms with van der Waals surface area (Å²) in [4.78, 5) is 8.36. The highest BCUT2D eigenvalue weighted by Crippen LogP contribution is 2.25. The van der Waals surface area contributed by atoms with Crippen LogP contribution in [0.15, 0.2) is 42.7 Å². The van der Waals surface area contributed by atoms with Gasteiger partial charge in [-0.25, -0.2) is 9.97 Å². The van der Waals surface area contributed by atoms with Crippen molar-refractivity contribution >= 4 is 10.9 Å². The highest BCUT2D eigenvalue weighted by atomic mass is 19.4. The number of hydrogen-bond donors (Lipinski definition) is 0. The zero-order valence-electron chi connectivity index (χ0n) is 12.3. The van der Waals surface area contributed by atoms with Gasteiger partial charge < -0.3 is 9.30 Å². The van der Waals surface area contributed by atoms with Crippen molar-refractivity contribution in [2.24, 2.45) is 0 Å². The van der Waals surface area contributed by atoms with E-state index in [1.54, 1.807) is 6.07 Å². The van der Waals surface area contributed by atoms with Crippen LogP contribution in [-0.4, -0.2) is 20.7 Å². The Bertz CT molecular complexity index is 827. The van der Waals surface area contributed by atoms with E-state index in [0.29, 0.717) is 11.3 Å². The number of para-hydroxylation sites is 1. The van der Waals surface area contributed by atoms with Gasteiger partial charge >= 0.3 is 6.18 Å². The lowest BCUT2D eigenvalue weighted by Crippen LogP contribution is -2.19. The Morgan fingerprint density at radius 3 is 2.78 bits per heavy atom. The molecule has 7 heteroatoms. The lowest BCUT2D eigenvalue weighted by atomic mass is 10.2. The molecule has 23 heavy (non-hydrogen) atoms. The van der Waals surface area contributed by atoms with Gasteiger partial charge in [-0.15, -0.1) is 0 Å². The van der Waals surface area contributed by atoms with Crippen LogP contribution in [0.3, 0.4) is 0 Å². The third kappa shape index (κ3) is 3.61. The van der Waals surface area contributed by atoms with E-state index in [0.717, 1.165) is 15.6 Å². The summed E-state index contributed by atoms with van der Waals surface area (Å²) in [7, 11) is 0. The molecule has 0 saturated heterocycles. The van der Waals surface area contributed by atoms with Gasteiger partial charge in [-0.1, -0.05) is 18.2 Å². The number of halogens is 3. The molecule has 3 aromatic rings. The van der Waals surface area contributed by atoms with Crippen LogP contribution in [0.25, 0.3) is 10.9 Å². The molecule has 0 aliphatic carbocycles. The highest BCUT2D eigenvalue weighted by Gasteiger charge is 2.28. The summed E-state index contributed by atoms with van der Waals surface area (Å²) in [5, 5.41) is 0.909. The van der Waals surface area contributed by atoms with Gasteiger partial charge in [0.1, 0.15) is 30.2 Å². The zero-order valence-corrected chi connectivity index (χ0v) is 12.3. The molecule has 0 radical (unpaired) electrons. The molecule has 120 valence electrons. The van der Waals surface area contributed by atoms with Gasteiger partial charge in [-0.05, 0) is 19.1 Å². The average Bonchev–Trinajstić information content (AvgIpc) is 2.90. The standard InChI is InChI=1S/C16H14F3N3O/c1-11-5-6-12-3-2-4-13(15(12)21-11)23-9-14-20-7-8-22(14)10-16(17,18)19/h2-8H,9-10H2,1H3. The van der Waals surface area contributed by atoms with Gasteiger partial charge in [0.05, 0.1) is 0 Å². The molecule has 0 spiro atoms. The van der Waals surface area contributed by atoms with Crippen molar-refractivity contribution in [1.82, 2.24) is 14.5 Å². The number of pyridine rings is 1. The van der Waals surface area contributed by atoms with Crippen LogP contribution in [-0.2, 0) is 13.2 Å². The smallest absolute Gasteiger partial charge is 0.406 e. The van der Waals surface area contributed by atoms with Crippen molar-refractivity contribution in [3.05, 3.63) is 54.2 Å². The lowest BCUT2D eigenvalue weighted by molar-refractivity contribution is -0.141. The quantitative estimate of drug-likeness (QED) is 0.732. The number of aromatic nitrogens is 3. The number of aryl methyl sites for hydroxylation is 1. The number of benzene rings is 1. The van der Waals surface area contributed by atoms with E-state index in [-0.39, 0.29) is 12.4 Å². The Hall–Kier alpha value is -2.57. The molecular weight excluding hydrogens is 307 g/mol. The number of nitrogens with zero attached hydrogens (tertiary/aromatic N) is 3. The molecule has 0 atom stereocenters. The van der Waals surface area contributed by atoms with Crippen LogP contribution in [0.5, 0.6) is 5.75 Å². The summed E-state index contributed by atoms with van der Waals surface area (Å²) in [5.41, 5.74) is 1.52. The normalized spacial score (nSPS) is 11.8. The minimum Gasteiger partial charge on any atom is -0.483 e. The van der Waals surface area contributed by atoms with Gasteiger partial charge in [0.25, 0.3) is 0 Å². The maximum Gasteiger partial charge on any atom is 0.406 e. The Balaban J connectivity index is 1.82. The summed E-state index contributed by atoms with van der Waals surface area (Å²) in [6.45, 7) is 0.725. The van der Waals surface area contributed by atoms with E-state index in [2.05, 4.69) is 9.97 Å². The van der Waals surface area contributed by atoms with Crippen molar-refractivity contribution in [2.75, 3.05) is 0 Å². The molecule has 0 fully saturated rings. The molecule has 0 bridgehead atoms. The van der Waals surface area contributed by atoms with Gasteiger partial charge in [-0.2, -0.15) is 13.2 Å². The van der Waals surface area contributed by atoms with E-state index in [1.165, 1.54) is 12.4 Å². The number of hydrogen-bond acceptors (Lipinski definition) is 3. The fourth-order valence-corrected chi connectivity index (χ4v) is 2.29. The second kappa shape index (κ2) is 5.91. The molecule has 1 aromatic carbocycles. The lowest BCUT2D eigenvalue weighted by Gasteiger charge is -2.12. The number of imidazole rings is 1. The van der Waals surface area contributed by atoms with Gasteiger partial charge in [0.15, 0.2) is 0 Å². The van der Waals surface area contributed by atoms with Crippen LogP contribution < -0.4 is 4.74 Å². The maximum atomic E-state index is 12.5. The molecule has 2 heterocycles. The largest absolute Gasteiger partial charge is 0.483 e. The molecule has 0 amide bonds. The molecule has 0 aliphatic heterocycles. The third-order valence-electron chi connectivity index (χ3n) is 3.33. The second-order valence-electron chi connectivity index (χ2n) is 5.16.